The van der Waals surface area contributed by atoms with Gasteiger partial charge in [0.25, 0.3) is 0 Å². The van der Waals surface area contributed by atoms with Crippen LogP contribution in [0.15, 0.2) is 27.7 Å². The molecule has 2 rings (SSSR count). The Labute approximate surface area is 120 Å². The molecule has 0 bridgehead atoms. The lowest BCUT2D eigenvalue weighted by molar-refractivity contribution is 0.529. The third-order valence-corrected chi connectivity index (χ3v) is 4.27. The molecule has 0 saturated heterocycles. The Kier molecular flexibility index (Phi) is 4.67. The quantitative estimate of drug-likeness (QED) is 0.881. The molecule has 98 valence electrons. The van der Waals surface area contributed by atoms with Crippen LogP contribution in [0.25, 0.3) is 0 Å². The Hall–Kier alpha value is -0.550. The second kappa shape index (κ2) is 6.06. The Morgan fingerprint density at radius 2 is 2.33 bits per heavy atom. The fourth-order valence-corrected chi connectivity index (χ4v) is 3.20. The summed E-state index contributed by atoms with van der Waals surface area (Å²) in [6.07, 6.45) is 1.12. The smallest absolute Gasteiger partial charge is 0.161 e. The molecule has 0 aliphatic carbocycles. The van der Waals surface area contributed by atoms with E-state index in [2.05, 4.69) is 40.1 Å². The van der Waals surface area contributed by atoms with Crippen molar-refractivity contribution in [2.45, 2.75) is 26.3 Å². The van der Waals surface area contributed by atoms with Crippen LogP contribution in [0.4, 0.5) is 10.1 Å². The largest absolute Gasteiger partial charge is 0.335 e. The van der Waals surface area contributed by atoms with Gasteiger partial charge >= 0.3 is 0 Å². The van der Waals surface area contributed by atoms with Crippen molar-refractivity contribution in [3.05, 3.63) is 28.5 Å². The van der Waals surface area contributed by atoms with Crippen LogP contribution < -0.4 is 5.32 Å². The summed E-state index contributed by atoms with van der Waals surface area (Å²) in [5.41, 5.74) is 0.861. The van der Waals surface area contributed by atoms with Crippen molar-refractivity contribution in [1.82, 2.24) is 0 Å². The molecular formula is C13H16BrFN2S. The van der Waals surface area contributed by atoms with Crippen LogP contribution in [0.2, 0.25) is 0 Å². The Balaban J connectivity index is 1.99. The summed E-state index contributed by atoms with van der Waals surface area (Å²) < 4.78 is 13.6. The fourth-order valence-electron chi connectivity index (χ4n) is 1.85. The standard InChI is InChI=1S/C13H16BrFN2S/c1-8(2)5-10-7-18-13(17-10)16-9-3-4-12(15)11(14)6-9/h3-4,6,8,10H,5,7H2,1-2H3,(H,16,17). The van der Waals surface area contributed by atoms with E-state index in [4.69, 9.17) is 0 Å². The molecule has 18 heavy (non-hydrogen) atoms. The van der Waals surface area contributed by atoms with E-state index in [-0.39, 0.29) is 5.82 Å². The highest BCUT2D eigenvalue weighted by atomic mass is 79.9. The minimum atomic E-state index is -0.251. The van der Waals surface area contributed by atoms with Gasteiger partial charge < -0.3 is 5.32 Å². The molecule has 5 heteroatoms. The molecule has 1 aromatic carbocycles. The van der Waals surface area contributed by atoms with Crippen LogP contribution in [0.3, 0.4) is 0 Å². The molecule has 1 aromatic rings. The maximum atomic E-state index is 13.1. The van der Waals surface area contributed by atoms with E-state index in [1.807, 2.05) is 0 Å². The van der Waals surface area contributed by atoms with Gasteiger partial charge in [-0.1, -0.05) is 25.6 Å². The van der Waals surface area contributed by atoms with Crippen LogP contribution in [-0.2, 0) is 0 Å². The SMILES string of the molecule is CC(C)CC1CSC(Nc2ccc(F)c(Br)c2)=N1. The van der Waals surface area contributed by atoms with Gasteiger partial charge in [0.2, 0.25) is 0 Å². The zero-order chi connectivity index (χ0) is 13.1. The van der Waals surface area contributed by atoms with Gasteiger partial charge in [0, 0.05) is 11.4 Å². The first kappa shape index (κ1) is 13.9. The third-order valence-electron chi connectivity index (χ3n) is 2.63. The highest BCUT2D eigenvalue weighted by Gasteiger charge is 2.19. The van der Waals surface area contributed by atoms with E-state index in [1.165, 1.54) is 6.07 Å². The zero-order valence-corrected chi connectivity index (χ0v) is 12.8. The van der Waals surface area contributed by atoms with Gasteiger partial charge in [-0.25, -0.2) is 4.39 Å². The van der Waals surface area contributed by atoms with Crippen molar-refractivity contribution >= 4 is 38.5 Å². The minimum Gasteiger partial charge on any atom is -0.335 e. The van der Waals surface area contributed by atoms with E-state index in [1.54, 1.807) is 23.9 Å². The number of aliphatic imine (C=N–C) groups is 1. The van der Waals surface area contributed by atoms with Gasteiger partial charge in [-0.3, -0.25) is 4.99 Å². The normalized spacial score (nSPS) is 19.2. The number of halogens is 2. The highest BCUT2D eigenvalue weighted by molar-refractivity contribution is 9.10. The maximum Gasteiger partial charge on any atom is 0.161 e. The van der Waals surface area contributed by atoms with Gasteiger partial charge in [0.05, 0.1) is 10.5 Å². The van der Waals surface area contributed by atoms with Crippen LogP contribution in [-0.4, -0.2) is 17.0 Å². The first-order valence-electron chi connectivity index (χ1n) is 5.97. The first-order valence-corrected chi connectivity index (χ1v) is 7.75. The predicted molar refractivity (Wildman–Crippen MR) is 80.9 cm³/mol. The average molecular weight is 331 g/mol. The van der Waals surface area contributed by atoms with E-state index >= 15 is 0 Å². The number of amidine groups is 1. The molecule has 1 N–H and O–H groups in total. The summed E-state index contributed by atoms with van der Waals surface area (Å²) in [7, 11) is 0. The topological polar surface area (TPSA) is 24.4 Å². The molecule has 1 aliphatic rings. The maximum absolute atomic E-state index is 13.1. The molecule has 0 aromatic heterocycles. The third kappa shape index (κ3) is 3.72. The van der Waals surface area contributed by atoms with E-state index in [9.17, 15) is 4.39 Å². The molecule has 0 radical (unpaired) electrons. The number of nitrogens with one attached hydrogen (secondary N) is 1. The molecule has 1 aliphatic heterocycles. The fraction of sp³-hybridized carbons (Fsp3) is 0.462. The second-order valence-electron chi connectivity index (χ2n) is 4.78. The average Bonchev–Trinajstić information content (AvgIpc) is 2.70. The van der Waals surface area contributed by atoms with Crippen molar-refractivity contribution < 1.29 is 4.39 Å². The zero-order valence-electron chi connectivity index (χ0n) is 10.4. The van der Waals surface area contributed by atoms with Crippen LogP contribution in [0.1, 0.15) is 20.3 Å². The Bertz CT molecular complexity index is 462. The Morgan fingerprint density at radius 1 is 1.56 bits per heavy atom. The molecule has 1 atom stereocenters. The lowest BCUT2D eigenvalue weighted by Gasteiger charge is -2.07. The monoisotopic (exact) mass is 330 g/mol. The van der Waals surface area contributed by atoms with Gasteiger partial charge in [0.1, 0.15) is 5.82 Å². The highest BCUT2D eigenvalue weighted by Crippen LogP contribution is 2.26. The van der Waals surface area contributed by atoms with Crippen molar-refractivity contribution in [2.24, 2.45) is 10.9 Å². The number of nitrogens with zero attached hydrogens (tertiary/aromatic N) is 1. The summed E-state index contributed by atoms with van der Waals surface area (Å²) in [5.74, 6) is 1.45. The number of hydrogen-bond donors (Lipinski definition) is 1. The summed E-state index contributed by atoms with van der Waals surface area (Å²) in [6.45, 7) is 4.42. The van der Waals surface area contributed by atoms with E-state index in [0.717, 1.165) is 23.0 Å². The van der Waals surface area contributed by atoms with Gasteiger partial charge in [-0.15, -0.1) is 0 Å². The second-order valence-corrected chi connectivity index (χ2v) is 6.65. The van der Waals surface area contributed by atoms with Crippen molar-refractivity contribution in [1.29, 1.82) is 0 Å². The predicted octanol–water partition coefficient (Wildman–Crippen LogP) is 4.52. The first-order chi connectivity index (χ1) is 8.54. The summed E-state index contributed by atoms with van der Waals surface area (Å²) in [5, 5.41) is 4.16. The molecular weight excluding hydrogens is 315 g/mol. The molecule has 0 amide bonds. The molecule has 2 nitrogen and oxygen atoms in total. The molecule has 0 spiro atoms. The summed E-state index contributed by atoms with van der Waals surface area (Å²) in [4.78, 5) is 4.64. The van der Waals surface area contributed by atoms with Crippen LogP contribution >= 0.6 is 27.7 Å². The van der Waals surface area contributed by atoms with Gasteiger partial charge in [0.15, 0.2) is 5.17 Å². The lowest BCUT2D eigenvalue weighted by atomic mass is 10.1. The number of rotatable bonds is 3. The number of hydrogen-bond acceptors (Lipinski definition) is 3. The van der Waals surface area contributed by atoms with E-state index in [0.29, 0.717) is 16.4 Å². The lowest BCUT2D eigenvalue weighted by Crippen LogP contribution is -2.08. The van der Waals surface area contributed by atoms with Gasteiger partial charge in [-0.05, 0) is 46.5 Å². The van der Waals surface area contributed by atoms with Crippen molar-refractivity contribution in [3.63, 3.8) is 0 Å². The number of benzene rings is 1. The molecule has 1 heterocycles. The van der Waals surface area contributed by atoms with Crippen LogP contribution in [0, 0.1) is 11.7 Å². The molecule has 1 unspecified atom stereocenters. The van der Waals surface area contributed by atoms with E-state index < -0.39 is 0 Å². The molecule has 0 fully saturated rings. The number of anilines is 1. The summed E-state index contributed by atoms with van der Waals surface area (Å²) >= 11 is 4.91. The minimum absolute atomic E-state index is 0.251. The summed E-state index contributed by atoms with van der Waals surface area (Å²) in [6, 6.07) is 5.30. The number of thioether (sulfide) groups is 1. The molecule has 0 saturated carbocycles. The Morgan fingerprint density at radius 3 is 3.00 bits per heavy atom. The van der Waals surface area contributed by atoms with Crippen molar-refractivity contribution in [2.75, 3.05) is 11.1 Å². The van der Waals surface area contributed by atoms with Crippen LogP contribution in [0.5, 0.6) is 0 Å². The van der Waals surface area contributed by atoms with Gasteiger partial charge in [-0.2, -0.15) is 0 Å². The van der Waals surface area contributed by atoms with Crippen molar-refractivity contribution in [3.8, 4) is 0 Å².